The quantitative estimate of drug-likeness (QED) is 0.874. The Morgan fingerprint density at radius 1 is 1.31 bits per heavy atom. The summed E-state index contributed by atoms with van der Waals surface area (Å²) in [6.07, 6.45) is -0.670. The van der Waals surface area contributed by atoms with Gasteiger partial charge >= 0.3 is 0 Å². The monoisotopic (exact) mass is 261 g/mol. The molecule has 0 heterocycles. The lowest BCUT2D eigenvalue weighted by Gasteiger charge is -2.26. The minimum absolute atomic E-state index is 0.0176. The summed E-state index contributed by atoms with van der Waals surface area (Å²) >= 11 is 11.9. The first-order chi connectivity index (χ1) is 7.47. The number of hydrogen-bond donors (Lipinski definition) is 2. The molecule has 3 N–H and O–H groups in total. The van der Waals surface area contributed by atoms with Gasteiger partial charge in [-0.1, -0.05) is 37.0 Å². The molecule has 0 spiro atoms. The number of rotatable bonds is 4. The van der Waals surface area contributed by atoms with Crippen LogP contribution in [-0.2, 0) is 0 Å². The van der Waals surface area contributed by atoms with Gasteiger partial charge in [-0.15, -0.1) is 0 Å². The van der Waals surface area contributed by atoms with Crippen molar-refractivity contribution in [3.05, 3.63) is 33.8 Å². The summed E-state index contributed by atoms with van der Waals surface area (Å²) in [4.78, 5) is 0. The normalized spacial score (nSPS) is 15.2. The van der Waals surface area contributed by atoms with Gasteiger partial charge in [-0.3, -0.25) is 0 Å². The van der Waals surface area contributed by atoms with Gasteiger partial charge in [0.25, 0.3) is 0 Å². The molecule has 0 saturated heterocycles. The predicted molar refractivity (Wildman–Crippen MR) is 68.8 cm³/mol. The van der Waals surface area contributed by atoms with Gasteiger partial charge in [-0.05, 0) is 30.7 Å². The van der Waals surface area contributed by atoms with E-state index in [-0.39, 0.29) is 11.8 Å². The van der Waals surface area contributed by atoms with E-state index in [0.717, 1.165) is 0 Å². The molecule has 0 aliphatic carbocycles. The molecule has 4 heteroatoms. The maximum Gasteiger partial charge on any atom is 0.0847 e. The van der Waals surface area contributed by atoms with Crippen LogP contribution in [0.25, 0.3) is 0 Å². The Bertz CT molecular complexity index is 355. The summed E-state index contributed by atoms with van der Waals surface area (Å²) in [5.41, 5.74) is 6.32. The average Bonchev–Trinajstić information content (AvgIpc) is 2.22. The summed E-state index contributed by atoms with van der Waals surface area (Å²) < 4.78 is 0. The molecule has 1 aromatic rings. The van der Waals surface area contributed by atoms with Gasteiger partial charge in [0.05, 0.1) is 6.10 Å². The number of benzene rings is 1. The van der Waals surface area contributed by atoms with Crippen LogP contribution in [0.15, 0.2) is 18.2 Å². The lowest BCUT2D eigenvalue weighted by Crippen LogP contribution is -2.26. The van der Waals surface area contributed by atoms with Crippen LogP contribution in [0.3, 0.4) is 0 Å². The zero-order chi connectivity index (χ0) is 12.3. The molecular weight excluding hydrogens is 245 g/mol. The van der Waals surface area contributed by atoms with Crippen molar-refractivity contribution in [1.82, 2.24) is 0 Å². The van der Waals surface area contributed by atoms with Crippen molar-refractivity contribution in [2.24, 2.45) is 17.6 Å². The lowest BCUT2D eigenvalue weighted by atomic mass is 9.86. The molecule has 2 unspecified atom stereocenters. The van der Waals surface area contributed by atoms with Crippen molar-refractivity contribution in [2.75, 3.05) is 6.54 Å². The molecule has 2 atom stereocenters. The van der Waals surface area contributed by atoms with Crippen LogP contribution < -0.4 is 5.73 Å². The molecule has 16 heavy (non-hydrogen) atoms. The second-order valence-corrected chi connectivity index (χ2v) is 5.10. The van der Waals surface area contributed by atoms with Crippen molar-refractivity contribution in [3.63, 3.8) is 0 Å². The number of hydrogen-bond acceptors (Lipinski definition) is 2. The van der Waals surface area contributed by atoms with Crippen LogP contribution in [0.5, 0.6) is 0 Å². The molecule has 0 aliphatic heterocycles. The summed E-state index contributed by atoms with van der Waals surface area (Å²) in [6.45, 7) is 4.47. The van der Waals surface area contributed by atoms with Crippen LogP contribution >= 0.6 is 23.2 Å². The molecular formula is C12H17Cl2NO. The molecule has 0 aromatic heterocycles. The minimum atomic E-state index is -0.670. The Balaban J connectivity index is 3.02. The highest BCUT2D eigenvalue weighted by Crippen LogP contribution is 2.33. The van der Waals surface area contributed by atoms with Crippen molar-refractivity contribution in [3.8, 4) is 0 Å². The Labute approximate surface area is 106 Å². The molecule has 0 bridgehead atoms. The Morgan fingerprint density at radius 2 is 1.94 bits per heavy atom. The molecule has 2 nitrogen and oxygen atoms in total. The maximum atomic E-state index is 10.2. The fourth-order valence-electron chi connectivity index (χ4n) is 1.74. The van der Waals surface area contributed by atoms with Gasteiger partial charge in [-0.2, -0.15) is 0 Å². The van der Waals surface area contributed by atoms with Crippen molar-refractivity contribution >= 4 is 23.2 Å². The third-order valence-electron chi connectivity index (χ3n) is 2.81. The van der Waals surface area contributed by atoms with Gasteiger partial charge < -0.3 is 10.8 Å². The van der Waals surface area contributed by atoms with E-state index in [2.05, 4.69) is 0 Å². The largest absolute Gasteiger partial charge is 0.388 e. The molecule has 0 fully saturated rings. The van der Waals surface area contributed by atoms with E-state index < -0.39 is 6.10 Å². The topological polar surface area (TPSA) is 46.2 Å². The number of aliphatic hydroxyl groups excluding tert-OH is 1. The summed E-state index contributed by atoms with van der Waals surface area (Å²) in [5, 5.41) is 11.3. The zero-order valence-electron chi connectivity index (χ0n) is 9.45. The molecule has 90 valence electrons. The van der Waals surface area contributed by atoms with E-state index in [1.54, 1.807) is 18.2 Å². The van der Waals surface area contributed by atoms with E-state index in [9.17, 15) is 5.11 Å². The van der Waals surface area contributed by atoms with Crippen LogP contribution in [0.2, 0.25) is 10.0 Å². The van der Waals surface area contributed by atoms with Gasteiger partial charge in [0.1, 0.15) is 0 Å². The first-order valence-electron chi connectivity index (χ1n) is 5.30. The fourth-order valence-corrected chi connectivity index (χ4v) is 2.15. The first kappa shape index (κ1) is 13.8. The minimum Gasteiger partial charge on any atom is -0.388 e. The molecule has 0 saturated carbocycles. The highest BCUT2D eigenvalue weighted by molar-refractivity contribution is 6.33. The Hall–Kier alpha value is -0.280. The Kier molecular flexibility index (Phi) is 5.06. The average molecular weight is 262 g/mol. The fraction of sp³-hybridized carbons (Fsp3) is 0.500. The molecule has 0 amide bonds. The third kappa shape index (κ3) is 3.11. The van der Waals surface area contributed by atoms with E-state index >= 15 is 0 Å². The standard InChI is InChI=1S/C12H17Cl2NO/c1-7(2)10(6-15)12(16)9-5-8(13)3-4-11(9)14/h3-5,7,10,12,16H,6,15H2,1-2H3. The van der Waals surface area contributed by atoms with E-state index in [0.29, 0.717) is 22.2 Å². The number of halogens is 2. The zero-order valence-corrected chi connectivity index (χ0v) is 11.0. The van der Waals surface area contributed by atoms with Crippen molar-refractivity contribution in [1.29, 1.82) is 0 Å². The van der Waals surface area contributed by atoms with Crippen LogP contribution in [0.4, 0.5) is 0 Å². The first-order valence-corrected chi connectivity index (χ1v) is 6.06. The number of nitrogens with two attached hydrogens (primary N) is 1. The second kappa shape index (κ2) is 5.87. The van der Waals surface area contributed by atoms with E-state index in [1.807, 2.05) is 13.8 Å². The second-order valence-electron chi connectivity index (χ2n) is 4.25. The SMILES string of the molecule is CC(C)C(CN)C(O)c1cc(Cl)ccc1Cl. The third-order valence-corrected chi connectivity index (χ3v) is 3.39. The van der Waals surface area contributed by atoms with E-state index in [4.69, 9.17) is 28.9 Å². The van der Waals surface area contributed by atoms with Crippen LogP contribution in [0.1, 0.15) is 25.5 Å². The van der Waals surface area contributed by atoms with Crippen molar-refractivity contribution < 1.29 is 5.11 Å². The highest BCUT2D eigenvalue weighted by Gasteiger charge is 2.24. The van der Waals surface area contributed by atoms with Crippen molar-refractivity contribution in [2.45, 2.75) is 20.0 Å². The van der Waals surface area contributed by atoms with Gasteiger partial charge in [0.2, 0.25) is 0 Å². The summed E-state index contributed by atoms with van der Waals surface area (Å²) in [6, 6.07) is 5.09. The highest BCUT2D eigenvalue weighted by atomic mass is 35.5. The van der Waals surface area contributed by atoms with Crippen LogP contribution in [0, 0.1) is 11.8 Å². The molecule has 1 aromatic carbocycles. The smallest absolute Gasteiger partial charge is 0.0847 e. The number of aliphatic hydroxyl groups is 1. The van der Waals surface area contributed by atoms with E-state index in [1.165, 1.54) is 0 Å². The predicted octanol–water partition coefficient (Wildman–Crippen LogP) is 3.26. The molecule has 1 rings (SSSR count). The van der Waals surface area contributed by atoms with Gasteiger partial charge in [0.15, 0.2) is 0 Å². The molecule has 0 radical (unpaired) electrons. The summed E-state index contributed by atoms with van der Waals surface area (Å²) in [5.74, 6) is 0.269. The van der Waals surface area contributed by atoms with Crippen LogP contribution in [-0.4, -0.2) is 11.7 Å². The summed E-state index contributed by atoms with van der Waals surface area (Å²) in [7, 11) is 0. The maximum absolute atomic E-state index is 10.2. The lowest BCUT2D eigenvalue weighted by molar-refractivity contribution is 0.0862. The Morgan fingerprint density at radius 3 is 2.44 bits per heavy atom. The van der Waals surface area contributed by atoms with Gasteiger partial charge in [0, 0.05) is 21.5 Å². The van der Waals surface area contributed by atoms with Gasteiger partial charge in [-0.25, -0.2) is 0 Å². The molecule has 0 aliphatic rings.